The van der Waals surface area contributed by atoms with Crippen molar-refractivity contribution in [3.63, 3.8) is 0 Å². The highest BCUT2D eigenvalue weighted by atomic mass is 79.9. The molecule has 0 fully saturated rings. The zero-order valence-corrected chi connectivity index (χ0v) is 12.6. The maximum atomic E-state index is 13.4. The van der Waals surface area contributed by atoms with Crippen LogP contribution in [0, 0.1) is 11.2 Å². The summed E-state index contributed by atoms with van der Waals surface area (Å²) in [6, 6.07) is 5.71. The van der Waals surface area contributed by atoms with Crippen molar-refractivity contribution in [3.8, 4) is 0 Å². The van der Waals surface area contributed by atoms with Gasteiger partial charge in [-0.15, -0.1) is 0 Å². The lowest BCUT2D eigenvalue weighted by molar-refractivity contribution is 0.292. The fourth-order valence-corrected chi connectivity index (χ4v) is 2.61. The largest absolute Gasteiger partial charge is 0.317 e. The van der Waals surface area contributed by atoms with Gasteiger partial charge in [0.25, 0.3) is 0 Å². The Bertz CT molecular complexity index is 376. The highest BCUT2D eigenvalue weighted by Crippen LogP contribution is 2.31. The second-order valence-corrected chi connectivity index (χ2v) is 6.24. The maximum absolute atomic E-state index is 13.4. The molecule has 0 aliphatic rings. The van der Waals surface area contributed by atoms with Gasteiger partial charge in [-0.05, 0) is 59.8 Å². The summed E-state index contributed by atoms with van der Waals surface area (Å²) in [5, 5.41) is 3.25. The SMILES string of the molecule is CNC(C)CC(C)(C)Cc1cccc(F)c1Br. The molecule has 1 aromatic rings. The lowest BCUT2D eigenvalue weighted by Crippen LogP contribution is -2.29. The van der Waals surface area contributed by atoms with Gasteiger partial charge in [-0.1, -0.05) is 26.0 Å². The molecule has 1 atom stereocenters. The van der Waals surface area contributed by atoms with E-state index < -0.39 is 0 Å². The highest BCUT2D eigenvalue weighted by Gasteiger charge is 2.22. The summed E-state index contributed by atoms with van der Waals surface area (Å²) >= 11 is 3.33. The van der Waals surface area contributed by atoms with Crippen molar-refractivity contribution < 1.29 is 4.39 Å². The lowest BCUT2D eigenvalue weighted by atomic mass is 9.80. The predicted molar refractivity (Wildman–Crippen MR) is 74.7 cm³/mol. The Labute approximate surface area is 112 Å². The zero-order chi connectivity index (χ0) is 13.1. The minimum Gasteiger partial charge on any atom is -0.317 e. The first-order valence-corrected chi connectivity index (χ1v) is 6.75. The minimum atomic E-state index is -0.181. The molecule has 0 spiro atoms. The molecule has 0 saturated carbocycles. The van der Waals surface area contributed by atoms with E-state index in [1.165, 1.54) is 6.07 Å². The first-order valence-electron chi connectivity index (χ1n) is 5.96. The summed E-state index contributed by atoms with van der Waals surface area (Å²) < 4.78 is 14.0. The van der Waals surface area contributed by atoms with Crippen molar-refractivity contribution >= 4 is 15.9 Å². The molecule has 0 aliphatic carbocycles. The van der Waals surface area contributed by atoms with Gasteiger partial charge in [-0.3, -0.25) is 0 Å². The average molecular weight is 302 g/mol. The number of hydrogen-bond donors (Lipinski definition) is 1. The van der Waals surface area contributed by atoms with Gasteiger partial charge < -0.3 is 5.32 Å². The molecule has 0 heterocycles. The Balaban J connectivity index is 2.79. The summed E-state index contributed by atoms with van der Waals surface area (Å²) in [6.45, 7) is 6.61. The van der Waals surface area contributed by atoms with Crippen molar-refractivity contribution in [2.75, 3.05) is 7.05 Å². The molecule has 1 aromatic carbocycles. The second kappa shape index (κ2) is 5.96. The van der Waals surface area contributed by atoms with E-state index in [0.717, 1.165) is 18.4 Å². The van der Waals surface area contributed by atoms with Crippen LogP contribution in [0.3, 0.4) is 0 Å². The number of halogens is 2. The Kier molecular flexibility index (Phi) is 5.14. The van der Waals surface area contributed by atoms with Crippen molar-refractivity contribution in [1.29, 1.82) is 0 Å². The minimum absolute atomic E-state index is 0.152. The molecule has 0 amide bonds. The van der Waals surface area contributed by atoms with Gasteiger partial charge in [0.05, 0.1) is 4.47 Å². The molecule has 0 aliphatic heterocycles. The molecular formula is C14H21BrFN. The van der Waals surface area contributed by atoms with Gasteiger partial charge in [0.1, 0.15) is 5.82 Å². The third-order valence-corrected chi connectivity index (χ3v) is 3.94. The monoisotopic (exact) mass is 301 g/mol. The molecule has 1 rings (SSSR count). The van der Waals surface area contributed by atoms with Crippen LogP contribution in [0.5, 0.6) is 0 Å². The molecule has 1 unspecified atom stereocenters. The maximum Gasteiger partial charge on any atom is 0.137 e. The molecule has 96 valence electrons. The quantitative estimate of drug-likeness (QED) is 0.861. The van der Waals surface area contributed by atoms with Crippen LogP contribution in [0.2, 0.25) is 0 Å². The van der Waals surface area contributed by atoms with Gasteiger partial charge in [-0.2, -0.15) is 0 Å². The fourth-order valence-electron chi connectivity index (χ4n) is 2.20. The van der Waals surface area contributed by atoms with Gasteiger partial charge in [-0.25, -0.2) is 4.39 Å². The van der Waals surface area contributed by atoms with Crippen LogP contribution in [0.1, 0.15) is 32.8 Å². The predicted octanol–water partition coefficient (Wildman–Crippen LogP) is 4.15. The summed E-state index contributed by atoms with van der Waals surface area (Å²) in [5.74, 6) is -0.181. The molecule has 0 saturated heterocycles. The van der Waals surface area contributed by atoms with E-state index in [1.54, 1.807) is 6.07 Å². The summed E-state index contributed by atoms with van der Waals surface area (Å²) in [6.07, 6.45) is 1.93. The van der Waals surface area contributed by atoms with Crippen LogP contribution in [0.25, 0.3) is 0 Å². The van der Waals surface area contributed by atoms with E-state index in [9.17, 15) is 4.39 Å². The molecule has 1 N–H and O–H groups in total. The summed E-state index contributed by atoms with van der Waals surface area (Å²) in [4.78, 5) is 0. The van der Waals surface area contributed by atoms with Gasteiger partial charge in [0, 0.05) is 6.04 Å². The third-order valence-electron chi connectivity index (χ3n) is 3.05. The van der Waals surface area contributed by atoms with Crippen LogP contribution >= 0.6 is 15.9 Å². The van der Waals surface area contributed by atoms with Gasteiger partial charge in [0.2, 0.25) is 0 Å². The first-order chi connectivity index (χ1) is 7.85. The smallest absolute Gasteiger partial charge is 0.137 e. The van der Waals surface area contributed by atoms with E-state index in [1.807, 2.05) is 13.1 Å². The van der Waals surface area contributed by atoms with E-state index >= 15 is 0 Å². The average Bonchev–Trinajstić information content (AvgIpc) is 2.23. The number of nitrogens with one attached hydrogen (secondary N) is 1. The molecule has 17 heavy (non-hydrogen) atoms. The van der Waals surface area contributed by atoms with Crippen molar-refractivity contribution in [1.82, 2.24) is 5.32 Å². The van der Waals surface area contributed by atoms with Crippen LogP contribution < -0.4 is 5.32 Å². The van der Waals surface area contributed by atoms with Crippen LogP contribution in [-0.2, 0) is 6.42 Å². The van der Waals surface area contributed by atoms with Crippen LogP contribution in [0.15, 0.2) is 22.7 Å². The number of hydrogen-bond acceptors (Lipinski definition) is 1. The Morgan fingerprint density at radius 1 is 1.41 bits per heavy atom. The number of rotatable bonds is 5. The molecule has 3 heteroatoms. The van der Waals surface area contributed by atoms with Crippen molar-refractivity contribution in [2.45, 2.75) is 39.7 Å². The molecule has 0 aromatic heterocycles. The standard InChI is InChI=1S/C14H21BrFN/c1-10(17-4)8-14(2,3)9-11-6-5-7-12(16)13(11)15/h5-7,10,17H,8-9H2,1-4H3. The molecule has 1 nitrogen and oxygen atoms in total. The summed E-state index contributed by atoms with van der Waals surface area (Å²) in [5.41, 5.74) is 1.19. The van der Waals surface area contributed by atoms with E-state index in [2.05, 4.69) is 42.0 Å². The van der Waals surface area contributed by atoms with E-state index in [-0.39, 0.29) is 11.2 Å². The zero-order valence-electron chi connectivity index (χ0n) is 11.0. The Hall–Kier alpha value is -0.410. The van der Waals surface area contributed by atoms with Crippen molar-refractivity contribution in [3.05, 3.63) is 34.1 Å². The first kappa shape index (κ1) is 14.7. The van der Waals surface area contributed by atoms with E-state index in [4.69, 9.17) is 0 Å². The Morgan fingerprint density at radius 2 is 2.06 bits per heavy atom. The molecular weight excluding hydrogens is 281 g/mol. The van der Waals surface area contributed by atoms with Crippen LogP contribution in [0.4, 0.5) is 4.39 Å². The van der Waals surface area contributed by atoms with Gasteiger partial charge >= 0.3 is 0 Å². The fraction of sp³-hybridized carbons (Fsp3) is 0.571. The third kappa shape index (κ3) is 4.40. The lowest BCUT2D eigenvalue weighted by Gasteiger charge is -2.28. The summed E-state index contributed by atoms with van der Waals surface area (Å²) in [7, 11) is 1.97. The number of benzene rings is 1. The second-order valence-electron chi connectivity index (χ2n) is 5.45. The molecule has 0 radical (unpaired) electrons. The van der Waals surface area contributed by atoms with E-state index in [0.29, 0.717) is 10.5 Å². The molecule has 0 bridgehead atoms. The van der Waals surface area contributed by atoms with Crippen LogP contribution in [-0.4, -0.2) is 13.1 Å². The normalized spacial score (nSPS) is 13.8. The van der Waals surface area contributed by atoms with Crippen molar-refractivity contribution in [2.24, 2.45) is 5.41 Å². The topological polar surface area (TPSA) is 12.0 Å². The van der Waals surface area contributed by atoms with Gasteiger partial charge in [0.15, 0.2) is 0 Å². The Morgan fingerprint density at radius 3 is 2.65 bits per heavy atom. The highest BCUT2D eigenvalue weighted by molar-refractivity contribution is 9.10.